The zero-order chi connectivity index (χ0) is 16.9. The van der Waals surface area contributed by atoms with Crippen LogP contribution in [-0.4, -0.2) is 18.9 Å². The Morgan fingerprint density at radius 2 is 1.96 bits per heavy atom. The molecular formula is C19H17ClN2O2. The molecule has 0 atom stereocenters. The molecule has 0 bridgehead atoms. The number of halogens is 1. The number of ether oxygens (including phenoxy) is 1. The van der Waals surface area contributed by atoms with Crippen molar-refractivity contribution >= 4 is 29.4 Å². The van der Waals surface area contributed by atoms with Crippen molar-refractivity contribution in [2.45, 2.75) is 12.8 Å². The predicted molar refractivity (Wildman–Crippen MR) is 96.3 cm³/mol. The van der Waals surface area contributed by atoms with E-state index in [1.54, 1.807) is 25.3 Å². The molecule has 1 aliphatic heterocycles. The first-order valence-corrected chi connectivity index (χ1v) is 8.01. The standard InChI is InChI=1S/C19H17ClN2O2/c1-24-16-8-5-13(6-9-16)7-10-18-21-17(19(23)22-18)12-14-3-2-4-15(20)11-14/h2-6,8-9,11-12H,7,10H2,1H3,(H,21,22,23)/b17-12+. The Morgan fingerprint density at radius 1 is 1.17 bits per heavy atom. The van der Waals surface area contributed by atoms with Crippen LogP contribution in [0.15, 0.2) is 59.2 Å². The molecule has 4 nitrogen and oxygen atoms in total. The van der Waals surface area contributed by atoms with Gasteiger partial charge in [-0.25, -0.2) is 4.99 Å². The highest BCUT2D eigenvalue weighted by Crippen LogP contribution is 2.18. The predicted octanol–water partition coefficient (Wildman–Crippen LogP) is 3.85. The Kier molecular flexibility index (Phi) is 4.96. The summed E-state index contributed by atoms with van der Waals surface area (Å²) >= 11 is 5.96. The molecule has 0 saturated carbocycles. The van der Waals surface area contributed by atoms with E-state index in [-0.39, 0.29) is 5.91 Å². The number of carbonyl (C=O) groups is 1. The van der Waals surface area contributed by atoms with E-state index >= 15 is 0 Å². The largest absolute Gasteiger partial charge is 0.497 e. The van der Waals surface area contributed by atoms with Crippen LogP contribution >= 0.6 is 11.6 Å². The summed E-state index contributed by atoms with van der Waals surface area (Å²) in [5.41, 5.74) is 2.43. The van der Waals surface area contributed by atoms with Crippen molar-refractivity contribution in [3.8, 4) is 5.75 Å². The minimum Gasteiger partial charge on any atom is -0.497 e. The van der Waals surface area contributed by atoms with E-state index in [9.17, 15) is 4.79 Å². The number of rotatable bonds is 5. The van der Waals surface area contributed by atoms with Crippen molar-refractivity contribution in [3.05, 3.63) is 70.4 Å². The topological polar surface area (TPSA) is 50.7 Å². The van der Waals surface area contributed by atoms with Crippen LogP contribution in [0.2, 0.25) is 5.02 Å². The Balaban J connectivity index is 1.67. The number of carbonyl (C=O) groups excluding carboxylic acids is 1. The van der Waals surface area contributed by atoms with Gasteiger partial charge in [0.2, 0.25) is 0 Å². The van der Waals surface area contributed by atoms with Gasteiger partial charge in [-0.15, -0.1) is 0 Å². The Hall–Kier alpha value is -2.59. The van der Waals surface area contributed by atoms with Gasteiger partial charge in [0.1, 0.15) is 17.3 Å². The van der Waals surface area contributed by atoms with Crippen molar-refractivity contribution in [1.29, 1.82) is 0 Å². The highest BCUT2D eigenvalue weighted by molar-refractivity contribution is 6.30. The van der Waals surface area contributed by atoms with Crippen molar-refractivity contribution in [1.82, 2.24) is 5.32 Å². The molecule has 1 N–H and O–H groups in total. The molecule has 0 radical (unpaired) electrons. The van der Waals surface area contributed by atoms with E-state index in [2.05, 4.69) is 10.3 Å². The molecule has 0 fully saturated rings. The third kappa shape index (κ3) is 4.03. The first kappa shape index (κ1) is 16.3. The minimum absolute atomic E-state index is 0.181. The van der Waals surface area contributed by atoms with Crippen LogP contribution in [0.25, 0.3) is 6.08 Å². The number of aliphatic imine (C=N–C) groups is 1. The number of nitrogens with one attached hydrogen (secondary N) is 1. The molecule has 122 valence electrons. The summed E-state index contributed by atoms with van der Waals surface area (Å²) in [5, 5.41) is 3.45. The lowest BCUT2D eigenvalue weighted by molar-refractivity contribution is -0.115. The number of nitrogens with zero attached hydrogens (tertiary/aromatic N) is 1. The highest BCUT2D eigenvalue weighted by atomic mass is 35.5. The monoisotopic (exact) mass is 340 g/mol. The summed E-state index contributed by atoms with van der Waals surface area (Å²) in [6.07, 6.45) is 3.21. The maximum Gasteiger partial charge on any atom is 0.275 e. The molecule has 1 amide bonds. The van der Waals surface area contributed by atoms with E-state index in [4.69, 9.17) is 16.3 Å². The summed E-state index contributed by atoms with van der Waals surface area (Å²) < 4.78 is 5.14. The summed E-state index contributed by atoms with van der Waals surface area (Å²) in [7, 11) is 1.64. The van der Waals surface area contributed by atoms with Gasteiger partial charge >= 0.3 is 0 Å². The van der Waals surface area contributed by atoms with Gasteiger partial charge in [-0.3, -0.25) is 4.79 Å². The Morgan fingerprint density at radius 3 is 2.67 bits per heavy atom. The number of amides is 1. The molecule has 2 aromatic rings. The average molecular weight is 341 g/mol. The van der Waals surface area contributed by atoms with E-state index < -0.39 is 0 Å². The van der Waals surface area contributed by atoms with Gasteiger partial charge in [-0.1, -0.05) is 35.9 Å². The third-order valence-electron chi connectivity index (χ3n) is 3.71. The number of aryl methyl sites for hydroxylation is 1. The summed E-state index contributed by atoms with van der Waals surface area (Å²) in [4.78, 5) is 16.4. The maximum absolute atomic E-state index is 12.0. The van der Waals surface area contributed by atoms with Crippen LogP contribution in [0.1, 0.15) is 17.5 Å². The number of methoxy groups -OCH3 is 1. The first-order chi connectivity index (χ1) is 11.6. The smallest absolute Gasteiger partial charge is 0.275 e. The molecule has 0 spiro atoms. The number of hydrogen-bond donors (Lipinski definition) is 1. The van der Waals surface area contributed by atoms with Gasteiger partial charge in [-0.05, 0) is 47.9 Å². The third-order valence-corrected chi connectivity index (χ3v) is 3.94. The lowest BCUT2D eigenvalue weighted by Crippen LogP contribution is -2.24. The van der Waals surface area contributed by atoms with Crippen LogP contribution in [0, 0.1) is 0 Å². The fourth-order valence-electron chi connectivity index (χ4n) is 2.44. The molecule has 0 saturated heterocycles. The van der Waals surface area contributed by atoms with Crippen molar-refractivity contribution in [2.24, 2.45) is 4.99 Å². The van der Waals surface area contributed by atoms with Crippen LogP contribution < -0.4 is 10.1 Å². The number of benzene rings is 2. The molecule has 0 aliphatic carbocycles. The van der Waals surface area contributed by atoms with Gasteiger partial charge < -0.3 is 10.1 Å². The summed E-state index contributed by atoms with van der Waals surface area (Å²) in [6.45, 7) is 0. The molecule has 0 aromatic heterocycles. The lowest BCUT2D eigenvalue weighted by Gasteiger charge is -2.03. The maximum atomic E-state index is 12.0. The molecule has 24 heavy (non-hydrogen) atoms. The number of hydrogen-bond acceptors (Lipinski definition) is 3. The van der Waals surface area contributed by atoms with E-state index in [1.165, 1.54) is 5.56 Å². The quantitative estimate of drug-likeness (QED) is 0.840. The molecule has 5 heteroatoms. The van der Waals surface area contributed by atoms with E-state index in [0.29, 0.717) is 23.0 Å². The van der Waals surface area contributed by atoms with E-state index in [0.717, 1.165) is 17.7 Å². The van der Waals surface area contributed by atoms with Crippen molar-refractivity contribution in [3.63, 3.8) is 0 Å². The van der Waals surface area contributed by atoms with Crippen LogP contribution in [0.3, 0.4) is 0 Å². The number of amidine groups is 1. The molecule has 3 rings (SSSR count). The molecule has 2 aromatic carbocycles. The molecule has 1 aliphatic rings. The molecular weight excluding hydrogens is 324 g/mol. The average Bonchev–Trinajstić information content (AvgIpc) is 2.93. The van der Waals surface area contributed by atoms with Crippen LogP contribution in [-0.2, 0) is 11.2 Å². The second kappa shape index (κ2) is 7.32. The van der Waals surface area contributed by atoms with Crippen LogP contribution in [0.5, 0.6) is 5.75 Å². The van der Waals surface area contributed by atoms with Crippen molar-refractivity contribution in [2.75, 3.05) is 7.11 Å². The molecule has 0 unspecified atom stereocenters. The van der Waals surface area contributed by atoms with Gasteiger partial charge in [0.05, 0.1) is 7.11 Å². The normalized spacial score (nSPS) is 15.3. The zero-order valence-corrected chi connectivity index (χ0v) is 14.0. The summed E-state index contributed by atoms with van der Waals surface area (Å²) in [5.74, 6) is 1.33. The first-order valence-electron chi connectivity index (χ1n) is 7.63. The summed E-state index contributed by atoms with van der Waals surface area (Å²) in [6, 6.07) is 15.2. The van der Waals surface area contributed by atoms with Gasteiger partial charge in [-0.2, -0.15) is 0 Å². The Bertz CT molecular complexity index is 810. The van der Waals surface area contributed by atoms with Crippen molar-refractivity contribution < 1.29 is 9.53 Å². The minimum atomic E-state index is -0.181. The SMILES string of the molecule is COc1ccc(CCC2=N/C(=C/c3cccc(Cl)c3)C(=O)N2)cc1. The lowest BCUT2D eigenvalue weighted by atomic mass is 10.1. The van der Waals surface area contributed by atoms with Gasteiger partial charge in [0, 0.05) is 11.4 Å². The second-order valence-electron chi connectivity index (χ2n) is 5.45. The molecule has 1 heterocycles. The van der Waals surface area contributed by atoms with Crippen LogP contribution in [0.4, 0.5) is 0 Å². The fraction of sp³-hybridized carbons (Fsp3) is 0.158. The van der Waals surface area contributed by atoms with Gasteiger partial charge in [0.15, 0.2) is 0 Å². The van der Waals surface area contributed by atoms with Gasteiger partial charge in [0.25, 0.3) is 5.91 Å². The second-order valence-corrected chi connectivity index (χ2v) is 5.88. The zero-order valence-electron chi connectivity index (χ0n) is 13.3. The highest BCUT2D eigenvalue weighted by Gasteiger charge is 2.19. The Labute approximate surface area is 145 Å². The fourth-order valence-corrected chi connectivity index (χ4v) is 2.64. The van der Waals surface area contributed by atoms with E-state index in [1.807, 2.05) is 36.4 Å².